The topological polar surface area (TPSA) is 42.8 Å². The largest absolute Gasteiger partial charge is 0.358 e. The zero-order valence-corrected chi connectivity index (χ0v) is 11.1. The van der Waals surface area contributed by atoms with Crippen LogP contribution < -0.4 is 0 Å². The van der Waals surface area contributed by atoms with E-state index in [1.54, 1.807) is 0 Å². The molecule has 1 aromatic heterocycles. The molecule has 1 aromatic carbocycles. The van der Waals surface area contributed by atoms with E-state index < -0.39 is 0 Å². The van der Waals surface area contributed by atoms with Gasteiger partial charge in [0.25, 0.3) is 0 Å². The van der Waals surface area contributed by atoms with E-state index >= 15 is 0 Å². The minimum atomic E-state index is 0.213. The number of hydrogen-bond acceptors (Lipinski definition) is 2. The first kappa shape index (κ1) is 10.9. The number of para-hydroxylation sites is 1. The number of hydrogen-bond donors (Lipinski definition) is 1. The van der Waals surface area contributed by atoms with Gasteiger partial charge in [-0.15, -0.1) is 0 Å². The molecule has 96 valence electrons. The number of nitrogens with zero attached hydrogens (tertiary/aromatic N) is 2. The highest BCUT2D eigenvalue weighted by Gasteiger charge is 2.44. The normalized spacial score (nSPS) is 29.1. The summed E-state index contributed by atoms with van der Waals surface area (Å²) in [4.78, 5) is 5.62. The summed E-state index contributed by atoms with van der Waals surface area (Å²) in [6, 6.07) is 8.93. The van der Waals surface area contributed by atoms with Crippen molar-refractivity contribution in [1.29, 1.82) is 5.26 Å². The summed E-state index contributed by atoms with van der Waals surface area (Å²) in [5.41, 5.74) is 4.31. The predicted molar refractivity (Wildman–Crippen MR) is 74.7 cm³/mol. The van der Waals surface area contributed by atoms with Crippen molar-refractivity contribution in [3.8, 4) is 6.19 Å². The highest BCUT2D eigenvalue weighted by atomic mass is 15.2. The van der Waals surface area contributed by atoms with Crippen molar-refractivity contribution in [1.82, 2.24) is 9.88 Å². The van der Waals surface area contributed by atoms with Crippen molar-refractivity contribution in [2.24, 2.45) is 0 Å². The average Bonchev–Trinajstić information content (AvgIpc) is 2.79. The summed E-state index contributed by atoms with van der Waals surface area (Å²) in [6.45, 7) is 3.24. The number of rotatable bonds is 0. The molecule has 1 unspecified atom stereocenters. The van der Waals surface area contributed by atoms with Crippen LogP contribution in [0.25, 0.3) is 10.9 Å². The molecule has 2 heterocycles. The van der Waals surface area contributed by atoms with Gasteiger partial charge in [0.15, 0.2) is 6.19 Å². The number of benzene rings is 1. The number of fused-ring (bicyclic) bond motifs is 6. The fourth-order valence-electron chi connectivity index (χ4n) is 3.99. The van der Waals surface area contributed by atoms with Gasteiger partial charge in [0.2, 0.25) is 0 Å². The van der Waals surface area contributed by atoms with Crippen LogP contribution in [0.2, 0.25) is 0 Å². The van der Waals surface area contributed by atoms with Crippen LogP contribution in [0.1, 0.15) is 31.0 Å². The van der Waals surface area contributed by atoms with Gasteiger partial charge in [-0.1, -0.05) is 25.1 Å². The molecule has 0 radical (unpaired) electrons. The molecule has 0 amide bonds. The molecule has 1 aliphatic carbocycles. The zero-order valence-electron chi connectivity index (χ0n) is 11.1. The lowest BCUT2D eigenvalue weighted by molar-refractivity contribution is 0.138. The van der Waals surface area contributed by atoms with E-state index in [9.17, 15) is 5.26 Å². The molecule has 19 heavy (non-hydrogen) atoms. The van der Waals surface area contributed by atoms with Gasteiger partial charge < -0.3 is 9.88 Å². The molecule has 2 atom stereocenters. The molecule has 2 bridgehead atoms. The second kappa shape index (κ2) is 3.54. The summed E-state index contributed by atoms with van der Waals surface area (Å²) in [6.07, 6.45) is 5.54. The molecule has 3 heteroatoms. The number of nitriles is 1. The highest BCUT2D eigenvalue weighted by Crippen LogP contribution is 2.46. The quantitative estimate of drug-likeness (QED) is 0.731. The van der Waals surface area contributed by atoms with Gasteiger partial charge in [0.05, 0.1) is 0 Å². The molecule has 3 nitrogen and oxygen atoms in total. The Hall–Kier alpha value is -1.95. The van der Waals surface area contributed by atoms with E-state index in [1.807, 2.05) is 4.90 Å². The van der Waals surface area contributed by atoms with Crippen LogP contribution in [0.5, 0.6) is 0 Å². The molecule has 0 spiro atoms. The minimum Gasteiger partial charge on any atom is -0.358 e. The Kier molecular flexibility index (Phi) is 2.04. The summed E-state index contributed by atoms with van der Waals surface area (Å²) in [5.74, 6) is 0. The maximum atomic E-state index is 9.27. The van der Waals surface area contributed by atoms with Gasteiger partial charge in [0.1, 0.15) is 0 Å². The molecule has 4 rings (SSSR count). The molecule has 1 N–H and O–H groups in total. The predicted octanol–water partition coefficient (Wildman–Crippen LogP) is 2.93. The Morgan fingerprint density at radius 1 is 1.42 bits per heavy atom. The van der Waals surface area contributed by atoms with Crippen LogP contribution in [0, 0.1) is 11.5 Å². The van der Waals surface area contributed by atoms with Gasteiger partial charge in [0, 0.05) is 34.6 Å². The second-order valence-electron chi connectivity index (χ2n) is 6.19. The van der Waals surface area contributed by atoms with Crippen LogP contribution in [0.15, 0.2) is 24.3 Å². The number of H-pyrrole nitrogens is 1. The molecule has 2 aromatic rings. The fraction of sp³-hybridized carbons (Fsp3) is 0.438. The van der Waals surface area contributed by atoms with Gasteiger partial charge in [-0.25, -0.2) is 0 Å². The van der Waals surface area contributed by atoms with Crippen molar-refractivity contribution in [2.45, 2.75) is 37.6 Å². The van der Waals surface area contributed by atoms with Gasteiger partial charge >= 0.3 is 0 Å². The van der Waals surface area contributed by atoms with Crippen LogP contribution in [-0.2, 0) is 11.8 Å². The maximum Gasteiger partial charge on any atom is 0.179 e. The van der Waals surface area contributed by atoms with E-state index in [4.69, 9.17) is 0 Å². The van der Waals surface area contributed by atoms with Gasteiger partial charge in [-0.2, -0.15) is 5.26 Å². The third kappa shape index (κ3) is 1.37. The molecule has 1 aliphatic heterocycles. The third-order valence-electron chi connectivity index (χ3n) is 5.02. The summed E-state index contributed by atoms with van der Waals surface area (Å²) < 4.78 is 0. The average molecular weight is 251 g/mol. The Morgan fingerprint density at radius 2 is 2.26 bits per heavy atom. The van der Waals surface area contributed by atoms with Crippen molar-refractivity contribution in [3.63, 3.8) is 0 Å². The molecule has 2 aliphatic rings. The van der Waals surface area contributed by atoms with E-state index in [0.717, 1.165) is 25.8 Å². The fourth-order valence-corrected chi connectivity index (χ4v) is 3.99. The van der Waals surface area contributed by atoms with Crippen LogP contribution in [0.3, 0.4) is 0 Å². The first-order valence-electron chi connectivity index (χ1n) is 6.98. The van der Waals surface area contributed by atoms with Crippen LogP contribution in [0.4, 0.5) is 0 Å². The Morgan fingerprint density at radius 3 is 3.11 bits per heavy atom. The van der Waals surface area contributed by atoms with Crippen molar-refractivity contribution in [3.05, 3.63) is 35.5 Å². The highest BCUT2D eigenvalue weighted by molar-refractivity contribution is 5.85. The van der Waals surface area contributed by atoms with Gasteiger partial charge in [-0.05, 0) is 30.9 Å². The Balaban J connectivity index is 1.94. The standard InChI is InChI=1S/C16H17N3/c1-16-6-7-19(10-17)11(9-16)8-13-12-4-2-3-5-14(12)18-15(13)16/h2-5,11,18H,6-9H2,1H3/t11-,16?/m1/s1. The summed E-state index contributed by atoms with van der Waals surface area (Å²) in [7, 11) is 0. The van der Waals surface area contributed by atoms with E-state index in [1.165, 1.54) is 22.2 Å². The van der Waals surface area contributed by atoms with Crippen molar-refractivity contribution < 1.29 is 0 Å². The number of aromatic amines is 1. The number of piperidine rings is 1. The Bertz CT molecular complexity index is 694. The first-order chi connectivity index (χ1) is 9.21. The lowest BCUT2D eigenvalue weighted by Gasteiger charge is -2.46. The summed E-state index contributed by atoms with van der Waals surface area (Å²) >= 11 is 0. The first-order valence-corrected chi connectivity index (χ1v) is 6.98. The van der Waals surface area contributed by atoms with E-state index in [-0.39, 0.29) is 5.41 Å². The lowest BCUT2D eigenvalue weighted by Crippen LogP contribution is -2.50. The smallest absolute Gasteiger partial charge is 0.179 e. The zero-order chi connectivity index (χ0) is 13.0. The van der Waals surface area contributed by atoms with Crippen LogP contribution >= 0.6 is 0 Å². The van der Waals surface area contributed by atoms with E-state index in [0.29, 0.717) is 6.04 Å². The lowest BCUT2D eigenvalue weighted by atomic mass is 9.68. The number of nitrogens with one attached hydrogen (secondary N) is 1. The summed E-state index contributed by atoms with van der Waals surface area (Å²) in [5, 5.41) is 10.6. The van der Waals surface area contributed by atoms with Crippen LogP contribution in [-0.4, -0.2) is 22.5 Å². The van der Waals surface area contributed by atoms with Gasteiger partial charge in [-0.3, -0.25) is 0 Å². The SMILES string of the molecule is CC12CCN(C#N)[C@H](Cc3c1[nH]c1ccccc31)C2. The molecular weight excluding hydrogens is 234 g/mol. The molecular formula is C16H17N3. The molecule has 1 saturated heterocycles. The monoisotopic (exact) mass is 251 g/mol. The maximum absolute atomic E-state index is 9.27. The number of aromatic nitrogens is 1. The minimum absolute atomic E-state index is 0.213. The van der Waals surface area contributed by atoms with E-state index in [2.05, 4.69) is 42.4 Å². The Labute approximate surface area is 112 Å². The second-order valence-corrected chi connectivity index (χ2v) is 6.19. The molecule has 1 fully saturated rings. The third-order valence-corrected chi connectivity index (χ3v) is 5.02. The molecule has 0 saturated carbocycles. The van der Waals surface area contributed by atoms with Crippen molar-refractivity contribution >= 4 is 10.9 Å². The number of likely N-dealkylation sites (tertiary alicyclic amines) is 1. The van der Waals surface area contributed by atoms with Crippen molar-refractivity contribution in [2.75, 3.05) is 6.54 Å².